The highest BCUT2D eigenvalue weighted by atomic mass is 19.1. The van der Waals surface area contributed by atoms with Gasteiger partial charge in [0.25, 0.3) is 0 Å². The standard InChI is InChI=1S/C25H31F/c1-3-5-7-23-16-17-24(18-25(23)26)22-14-12-21(13-15-22)20-10-8-19(6-4-2)9-11-20/h3,12-20H,1,4-11H2,2H3. The molecule has 1 aliphatic rings. The van der Waals surface area contributed by atoms with Crippen molar-refractivity contribution in [1.29, 1.82) is 0 Å². The van der Waals surface area contributed by atoms with E-state index in [0.717, 1.165) is 35.4 Å². The molecule has 1 fully saturated rings. The fraction of sp³-hybridized carbons (Fsp3) is 0.440. The molecule has 0 saturated heterocycles. The Morgan fingerprint density at radius 1 is 1.00 bits per heavy atom. The third kappa shape index (κ3) is 4.63. The average Bonchev–Trinajstić information content (AvgIpc) is 2.68. The normalized spacial score (nSPS) is 20.1. The Morgan fingerprint density at radius 3 is 2.31 bits per heavy atom. The predicted octanol–water partition coefficient (Wildman–Crippen LogP) is 7.69. The zero-order valence-electron chi connectivity index (χ0n) is 16.0. The maximum atomic E-state index is 14.3. The van der Waals surface area contributed by atoms with Gasteiger partial charge in [0.1, 0.15) is 5.82 Å². The summed E-state index contributed by atoms with van der Waals surface area (Å²) in [5.41, 5.74) is 4.28. The second-order valence-electron chi connectivity index (χ2n) is 7.76. The molecular formula is C25H31F. The van der Waals surface area contributed by atoms with Gasteiger partial charge in [0.05, 0.1) is 0 Å². The smallest absolute Gasteiger partial charge is 0.127 e. The Balaban J connectivity index is 1.66. The molecule has 1 heteroatoms. The minimum Gasteiger partial charge on any atom is -0.207 e. The Morgan fingerprint density at radius 2 is 1.69 bits per heavy atom. The van der Waals surface area contributed by atoms with Gasteiger partial charge in [-0.05, 0) is 78.7 Å². The molecule has 0 bridgehead atoms. The van der Waals surface area contributed by atoms with Crippen molar-refractivity contribution < 1.29 is 4.39 Å². The fourth-order valence-corrected chi connectivity index (χ4v) is 4.33. The molecule has 26 heavy (non-hydrogen) atoms. The first-order chi connectivity index (χ1) is 12.7. The lowest BCUT2D eigenvalue weighted by Gasteiger charge is -2.28. The zero-order valence-corrected chi connectivity index (χ0v) is 16.0. The lowest BCUT2D eigenvalue weighted by atomic mass is 9.77. The average molecular weight is 351 g/mol. The number of aryl methyl sites for hydroxylation is 1. The quantitative estimate of drug-likeness (QED) is 0.449. The maximum Gasteiger partial charge on any atom is 0.127 e. The summed E-state index contributed by atoms with van der Waals surface area (Å²) in [4.78, 5) is 0. The minimum absolute atomic E-state index is 0.109. The third-order valence-corrected chi connectivity index (χ3v) is 5.93. The van der Waals surface area contributed by atoms with Crippen LogP contribution in [0.3, 0.4) is 0 Å². The van der Waals surface area contributed by atoms with Gasteiger partial charge in [0, 0.05) is 0 Å². The molecule has 0 unspecified atom stereocenters. The highest BCUT2D eigenvalue weighted by Gasteiger charge is 2.21. The molecule has 0 amide bonds. The Labute approximate surface area is 158 Å². The second-order valence-corrected chi connectivity index (χ2v) is 7.76. The first kappa shape index (κ1) is 18.9. The summed E-state index contributed by atoms with van der Waals surface area (Å²) < 4.78 is 14.3. The zero-order chi connectivity index (χ0) is 18.4. The molecule has 1 saturated carbocycles. The van der Waals surface area contributed by atoms with Crippen LogP contribution in [0.4, 0.5) is 4.39 Å². The first-order valence-electron chi connectivity index (χ1n) is 10.2. The Bertz CT molecular complexity index is 705. The van der Waals surface area contributed by atoms with Gasteiger partial charge < -0.3 is 0 Å². The van der Waals surface area contributed by atoms with Gasteiger partial charge in [0.15, 0.2) is 0 Å². The minimum atomic E-state index is -0.109. The van der Waals surface area contributed by atoms with Gasteiger partial charge in [0.2, 0.25) is 0 Å². The molecule has 0 N–H and O–H groups in total. The summed E-state index contributed by atoms with van der Waals surface area (Å²) in [5.74, 6) is 1.54. The van der Waals surface area contributed by atoms with Gasteiger partial charge >= 0.3 is 0 Å². The molecule has 0 aliphatic heterocycles. The molecular weight excluding hydrogens is 319 g/mol. The van der Waals surface area contributed by atoms with Crippen LogP contribution in [-0.2, 0) is 6.42 Å². The molecule has 0 spiro atoms. The molecule has 0 atom stereocenters. The van der Waals surface area contributed by atoms with E-state index < -0.39 is 0 Å². The SMILES string of the molecule is C=CCCc1ccc(-c2ccc(C3CCC(CCC)CC3)cc2)cc1F. The molecule has 2 aromatic carbocycles. The number of hydrogen-bond donors (Lipinski definition) is 0. The van der Waals surface area contributed by atoms with E-state index in [1.165, 1.54) is 44.1 Å². The molecule has 0 radical (unpaired) electrons. The van der Waals surface area contributed by atoms with Crippen LogP contribution in [0.5, 0.6) is 0 Å². The van der Waals surface area contributed by atoms with E-state index in [0.29, 0.717) is 5.92 Å². The van der Waals surface area contributed by atoms with Gasteiger partial charge in [-0.15, -0.1) is 6.58 Å². The molecule has 3 rings (SSSR count). The highest BCUT2D eigenvalue weighted by Crippen LogP contribution is 2.38. The van der Waals surface area contributed by atoms with Crippen LogP contribution >= 0.6 is 0 Å². The van der Waals surface area contributed by atoms with Crippen molar-refractivity contribution in [3.63, 3.8) is 0 Å². The summed E-state index contributed by atoms with van der Waals surface area (Å²) in [6.07, 6.45) is 11.4. The van der Waals surface area contributed by atoms with Crippen LogP contribution in [0.1, 0.15) is 68.9 Å². The summed E-state index contributed by atoms with van der Waals surface area (Å²) in [6, 6.07) is 14.4. The summed E-state index contributed by atoms with van der Waals surface area (Å²) >= 11 is 0. The Hall–Kier alpha value is -1.89. The van der Waals surface area contributed by atoms with Crippen molar-refractivity contribution in [2.24, 2.45) is 5.92 Å². The molecule has 0 aromatic heterocycles. The molecule has 0 heterocycles. The largest absolute Gasteiger partial charge is 0.207 e. The van der Waals surface area contributed by atoms with Crippen LogP contribution in [-0.4, -0.2) is 0 Å². The van der Waals surface area contributed by atoms with Crippen LogP contribution in [0.2, 0.25) is 0 Å². The van der Waals surface area contributed by atoms with Crippen molar-refractivity contribution in [2.75, 3.05) is 0 Å². The molecule has 2 aromatic rings. The fourth-order valence-electron chi connectivity index (χ4n) is 4.33. The van der Waals surface area contributed by atoms with E-state index in [9.17, 15) is 4.39 Å². The van der Waals surface area contributed by atoms with E-state index in [1.54, 1.807) is 6.07 Å². The lowest BCUT2D eigenvalue weighted by Crippen LogP contribution is -2.13. The van der Waals surface area contributed by atoms with Crippen molar-refractivity contribution in [2.45, 2.75) is 64.2 Å². The maximum absolute atomic E-state index is 14.3. The first-order valence-corrected chi connectivity index (χ1v) is 10.2. The van der Waals surface area contributed by atoms with E-state index in [4.69, 9.17) is 0 Å². The number of halogens is 1. The highest BCUT2D eigenvalue weighted by molar-refractivity contribution is 5.64. The van der Waals surface area contributed by atoms with Crippen LogP contribution in [0, 0.1) is 11.7 Å². The van der Waals surface area contributed by atoms with Crippen molar-refractivity contribution >= 4 is 0 Å². The van der Waals surface area contributed by atoms with E-state index in [2.05, 4.69) is 37.8 Å². The second kappa shape index (κ2) is 9.16. The molecule has 138 valence electrons. The van der Waals surface area contributed by atoms with E-state index in [-0.39, 0.29) is 5.82 Å². The van der Waals surface area contributed by atoms with Crippen LogP contribution in [0.15, 0.2) is 55.1 Å². The third-order valence-electron chi connectivity index (χ3n) is 5.93. The van der Waals surface area contributed by atoms with Crippen molar-refractivity contribution in [1.82, 2.24) is 0 Å². The summed E-state index contributed by atoms with van der Waals surface area (Å²) in [7, 11) is 0. The molecule has 0 nitrogen and oxygen atoms in total. The molecule has 1 aliphatic carbocycles. The van der Waals surface area contributed by atoms with Gasteiger partial charge in [-0.3, -0.25) is 0 Å². The number of hydrogen-bond acceptors (Lipinski definition) is 0. The van der Waals surface area contributed by atoms with Gasteiger partial charge in [-0.1, -0.05) is 62.2 Å². The number of rotatable bonds is 7. The van der Waals surface area contributed by atoms with E-state index >= 15 is 0 Å². The predicted molar refractivity (Wildman–Crippen MR) is 110 cm³/mol. The van der Waals surface area contributed by atoms with Crippen molar-refractivity contribution in [3.8, 4) is 11.1 Å². The van der Waals surface area contributed by atoms with Gasteiger partial charge in [-0.2, -0.15) is 0 Å². The summed E-state index contributed by atoms with van der Waals surface area (Å²) in [5, 5.41) is 0. The monoisotopic (exact) mass is 350 g/mol. The van der Waals surface area contributed by atoms with Crippen LogP contribution in [0.25, 0.3) is 11.1 Å². The van der Waals surface area contributed by atoms with Gasteiger partial charge in [-0.25, -0.2) is 4.39 Å². The van der Waals surface area contributed by atoms with E-state index in [1.807, 2.05) is 18.2 Å². The summed E-state index contributed by atoms with van der Waals surface area (Å²) in [6.45, 7) is 6.00. The number of allylic oxidation sites excluding steroid dienone is 1. The topological polar surface area (TPSA) is 0 Å². The number of benzene rings is 2. The van der Waals surface area contributed by atoms with Crippen LogP contribution < -0.4 is 0 Å². The van der Waals surface area contributed by atoms with Crippen molar-refractivity contribution in [3.05, 3.63) is 72.1 Å². The lowest BCUT2D eigenvalue weighted by molar-refractivity contribution is 0.308. The Kier molecular flexibility index (Phi) is 6.66.